The number of ether oxygens (including phenoxy) is 1. The van der Waals surface area contributed by atoms with Gasteiger partial charge >= 0.3 is 5.97 Å². The molecule has 0 radical (unpaired) electrons. The molecule has 1 N–H and O–H groups in total. The van der Waals surface area contributed by atoms with E-state index in [9.17, 15) is 9.59 Å². The Morgan fingerprint density at radius 2 is 2.05 bits per heavy atom. The summed E-state index contributed by atoms with van der Waals surface area (Å²) < 4.78 is 4.72. The Bertz CT molecular complexity index is 329. The Morgan fingerprint density at radius 1 is 1.37 bits per heavy atom. The lowest BCUT2D eigenvalue weighted by molar-refractivity contribution is -0.146. The van der Waals surface area contributed by atoms with Crippen LogP contribution in [-0.4, -0.2) is 48.6 Å². The lowest BCUT2D eigenvalue weighted by Gasteiger charge is -2.40. The van der Waals surface area contributed by atoms with Crippen molar-refractivity contribution in [2.45, 2.75) is 58.0 Å². The Morgan fingerprint density at radius 3 is 2.63 bits per heavy atom. The zero-order chi connectivity index (χ0) is 14.5. The Labute approximate surface area is 115 Å². The van der Waals surface area contributed by atoms with E-state index >= 15 is 0 Å². The highest BCUT2D eigenvalue weighted by atomic mass is 16.5. The molecule has 5 heteroatoms. The van der Waals surface area contributed by atoms with Crippen LogP contribution in [0.2, 0.25) is 0 Å². The Kier molecular flexibility index (Phi) is 5.79. The number of nitrogens with one attached hydrogen (secondary N) is 1. The van der Waals surface area contributed by atoms with Crippen molar-refractivity contribution < 1.29 is 14.3 Å². The molecule has 1 fully saturated rings. The fourth-order valence-corrected chi connectivity index (χ4v) is 2.63. The summed E-state index contributed by atoms with van der Waals surface area (Å²) in [4.78, 5) is 25.9. The SMILES string of the molecule is CCNC(C)(C)C(=O)N1CCCCC1CC(=O)OC. The number of rotatable bonds is 5. The highest BCUT2D eigenvalue weighted by Crippen LogP contribution is 2.23. The molecule has 0 aromatic heterocycles. The van der Waals surface area contributed by atoms with Crippen molar-refractivity contribution in [2.75, 3.05) is 20.2 Å². The molecule has 19 heavy (non-hydrogen) atoms. The molecule has 1 atom stereocenters. The highest BCUT2D eigenvalue weighted by molar-refractivity contribution is 5.86. The second-order valence-corrected chi connectivity index (χ2v) is 5.58. The number of piperidine rings is 1. The zero-order valence-electron chi connectivity index (χ0n) is 12.5. The summed E-state index contributed by atoms with van der Waals surface area (Å²) in [5.74, 6) is -0.172. The van der Waals surface area contributed by atoms with Gasteiger partial charge in [0.1, 0.15) is 0 Å². The molecule has 0 spiro atoms. The molecule has 0 aromatic rings. The van der Waals surface area contributed by atoms with Crippen molar-refractivity contribution in [2.24, 2.45) is 0 Å². The van der Waals surface area contributed by atoms with Gasteiger partial charge in [0, 0.05) is 12.6 Å². The third-order valence-electron chi connectivity index (χ3n) is 3.67. The molecule has 5 nitrogen and oxygen atoms in total. The van der Waals surface area contributed by atoms with Crippen LogP contribution in [0, 0.1) is 0 Å². The van der Waals surface area contributed by atoms with Crippen molar-refractivity contribution >= 4 is 11.9 Å². The van der Waals surface area contributed by atoms with Gasteiger partial charge in [0.2, 0.25) is 5.91 Å². The minimum Gasteiger partial charge on any atom is -0.469 e. The number of esters is 1. The molecule has 1 amide bonds. The maximum absolute atomic E-state index is 12.6. The maximum atomic E-state index is 12.6. The average Bonchev–Trinajstić information content (AvgIpc) is 2.38. The van der Waals surface area contributed by atoms with Crippen LogP contribution < -0.4 is 5.32 Å². The Balaban J connectivity index is 2.76. The molecular weight excluding hydrogens is 244 g/mol. The summed E-state index contributed by atoms with van der Waals surface area (Å²) in [5.41, 5.74) is -0.583. The summed E-state index contributed by atoms with van der Waals surface area (Å²) in [7, 11) is 1.39. The molecule has 1 rings (SSSR count). The molecule has 1 aliphatic rings. The normalized spacial score (nSPS) is 20.2. The van der Waals surface area contributed by atoms with Crippen LogP contribution in [0.4, 0.5) is 0 Å². The van der Waals surface area contributed by atoms with E-state index in [1.54, 1.807) is 0 Å². The molecule has 1 aliphatic heterocycles. The first kappa shape index (κ1) is 16.0. The molecule has 1 saturated heterocycles. The van der Waals surface area contributed by atoms with Crippen LogP contribution >= 0.6 is 0 Å². The van der Waals surface area contributed by atoms with Crippen molar-refractivity contribution in [3.05, 3.63) is 0 Å². The largest absolute Gasteiger partial charge is 0.469 e. The van der Waals surface area contributed by atoms with E-state index in [-0.39, 0.29) is 17.9 Å². The molecule has 0 aliphatic carbocycles. The second kappa shape index (κ2) is 6.89. The highest BCUT2D eigenvalue weighted by Gasteiger charge is 2.36. The number of hydrogen-bond donors (Lipinski definition) is 1. The smallest absolute Gasteiger partial charge is 0.307 e. The number of amides is 1. The van der Waals surface area contributed by atoms with Crippen molar-refractivity contribution in [1.29, 1.82) is 0 Å². The molecule has 0 saturated carbocycles. The monoisotopic (exact) mass is 270 g/mol. The minimum absolute atomic E-state index is 0.0216. The molecule has 0 aromatic carbocycles. The molecule has 1 heterocycles. The standard InChI is InChI=1S/C14H26N2O3/c1-5-15-14(2,3)13(18)16-9-7-6-8-11(16)10-12(17)19-4/h11,15H,5-10H2,1-4H3. The van der Waals surface area contributed by atoms with Gasteiger partial charge in [-0.25, -0.2) is 0 Å². The van der Waals surface area contributed by atoms with Gasteiger partial charge in [-0.05, 0) is 39.7 Å². The topological polar surface area (TPSA) is 58.6 Å². The lowest BCUT2D eigenvalue weighted by Crippen LogP contribution is -2.58. The van der Waals surface area contributed by atoms with Crippen LogP contribution in [0.5, 0.6) is 0 Å². The number of likely N-dealkylation sites (N-methyl/N-ethyl adjacent to an activating group) is 1. The van der Waals surface area contributed by atoms with E-state index in [1.807, 2.05) is 25.7 Å². The number of methoxy groups -OCH3 is 1. The van der Waals surface area contributed by atoms with Crippen LogP contribution in [0.1, 0.15) is 46.5 Å². The fourth-order valence-electron chi connectivity index (χ4n) is 2.63. The first-order chi connectivity index (χ1) is 8.92. The minimum atomic E-state index is -0.583. The molecule has 0 bridgehead atoms. The summed E-state index contributed by atoms with van der Waals surface area (Å²) >= 11 is 0. The number of carbonyl (C=O) groups is 2. The fraction of sp³-hybridized carbons (Fsp3) is 0.857. The number of nitrogens with zero attached hydrogens (tertiary/aromatic N) is 1. The first-order valence-corrected chi connectivity index (χ1v) is 7.05. The van der Waals surface area contributed by atoms with Gasteiger partial charge in [-0.1, -0.05) is 6.92 Å². The third kappa shape index (κ3) is 4.20. The quantitative estimate of drug-likeness (QED) is 0.765. The van der Waals surface area contributed by atoms with Crippen molar-refractivity contribution in [3.63, 3.8) is 0 Å². The van der Waals surface area contributed by atoms with Crippen LogP contribution in [0.15, 0.2) is 0 Å². The van der Waals surface area contributed by atoms with E-state index in [1.165, 1.54) is 7.11 Å². The number of carbonyl (C=O) groups excluding carboxylic acids is 2. The van der Waals surface area contributed by atoms with E-state index in [0.717, 1.165) is 32.4 Å². The van der Waals surface area contributed by atoms with E-state index in [2.05, 4.69) is 5.32 Å². The van der Waals surface area contributed by atoms with Crippen LogP contribution in [0.25, 0.3) is 0 Å². The van der Waals surface area contributed by atoms with Gasteiger partial charge < -0.3 is 15.0 Å². The van der Waals surface area contributed by atoms with Crippen LogP contribution in [0.3, 0.4) is 0 Å². The molecule has 1 unspecified atom stereocenters. The number of hydrogen-bond acceptors (Lipinski definition) is 4. The van der Waals surface area contributed by atoms with E-state index < -0.39 is 5.54 Å². The summed E-state index contributed by atoms with van der Waals surface area (Å²) in [5, 5.41) is 3.20. The van der Waals surface area contributed by atoms with Gasteiger partial charge in [-0.2, -0.15) is 0 Å². The van der Waals surface area contributed by atoms with Gasteiger partial charge in [0.25, 0.3) is 0 Å². The molecule has 110 valence electrons. The van der Waals surface area contributed by atoms with Gasteiger partial charge in [-0.15, -0.1) is 0 Å². The maximum Gasteiger partial charge on any atom is 0.307 e. The van der Waals surface area contributed by atoms with Gasteiger partial charge in [0.05, 0.1) is 19.1 Å². The van der Waals surface area contributed by atoms with Crippen molar-refractivity contribution in [1.82, 2.24) is 10.2 Å². The van der Waals surface area contributed by atoms with Gasteiger partial charge in [0.15, 0.2) is 0 Å². The summed E-state index contributed by atoms with van der Waals surface area (Å²) in [6.07, 6.45) is 3.24. The zero-order valence-corrected chi connectivity index (χ0v) is 12.5. The predicted molar refractivity (Wildman–Crippen MR) is 73.7 cm³/mol. The van der Waals surface area contributed by atoms with E-state index in [0.29, 0.717) is 6.42 Å². The summed E-state index contributed by atoms with van der Waals surface area (Å²) in [6.45, 7) is 7.24. The first-order valence-electron chi connectivity index (χ1n) is 7.05. The second-order valence-electron chi connectivity index (χ2n) is 5.58. The summed E-state index contributed by atoms with van der Waals surface area (Å²) in [6, 6.07) is -0.0216. The van der Waals surface area contributed by atoms with Crippen LogP contribution in [-0.2, 0) is 14.3 Å². The molecular formula is C14H26N2O3. The Hall–Kier alpha value is -1.10. The lowest BCUT2D eigenvalue weighted by atomic mass is 9.95. The van der Waals surface area contributed by atoms with Gasteiger partial charge in [-0.3, -0.25) is 9.59 Å². The van der Waals surface area contributed by atoms with Crippen molar-refractivity contribution in [3.8, 4) is 0 Å². The average molecular weight is 270 g/mol. The number of likely N-dealkylation sites (tertiary alicyclic amines) is 1. The van der Waals surface area contributed by atoms with E-state index in [4.69, 9.17) is 4.74 Å². The third-order valence-corrected chi connectivity index (χ3v) is 3.67. The predicted octanol–water partition coefficient (Wildman–Crippen LogP) is 1.32.